The third kappa shape index (κ3) is 3.04. The Balaban J connectivity index is 2.04. The number of fused-ring (bicyclic) bond motifs is 1. The normalized spacial score (nSPS) is 14.7. The second kappa shape index (κ2) is 5.99. The predicted octanol–water partition coefficient (Wildman–Crippen LogP) is 4.12. The van der Waals surface area contributed by atoms with Crippen LogP contribution in [0.25, 0.3) is 0 Å². The molecule has 1 aliphatic rings. The lowest BCUT2D eigenvalue weighted by molar-refractivity contribution is -0.118. The molecule has 1 amide bonds. The molecule has 23 heavy (non-hydrogen) atoms. The van der Waals surface area contributed by atoms with Gasteiger partial charge in [0.1, 0.15) is 0 Å². The van der Waals surface area contributed by atoms with Crippen molar-refractivity contribution >= 4 is 17.4 Å². The van der Waals surface area contributed by atoms with Gasteiger partial charge in [-0.1, -0.05) is 24.3 Å². The molecule has 3 nitrogen and oxygen atoms in total. The van der Waals surface area contributed by atoms with Crippen LogP contribution in [-0.2, 0) is 11.3 Å². The molecule has 2 aromatic carbocycles. The van der Waals surface area contributed by atoms with E-state index in [2.05, 4.69) is 32.0 Å². The fraction of sp³-hybridized carbons (Fsp3) is 0.300. The van der Waals surface area contributed by atoms with Crippen LogP contribution in [0, 0.1) is 20.8 Å². The molecule has 2 aromatic rings. The molecule has 3 rings (SSSR count). The fourth-order valence-electron chi connectivity index (χ4n) is 2.98. The Hall–Kier alpha value is -2.42. The van der Waals surface area contributed by atoms with Gasteiger partial charge in [-0.25, -0.2) is 0 Å². The van der Waals surface area contributed by atoms with E-state index >= 15 is 0 Å². The molecule has 0 bridgehead atoms. The first kappa shape index (κ1) is 15.5. The Morgan fingerprint density at radius 3 is 2.43 bits per heavy atom. The van der Waals surface area contributed by atoms with Gasteiger partial charge in [0.25, 0.3) is 0 Å². The van der Waals surface area contributed by atoms with Crippen LogP contribution in [0.5, 0.6) is 0 Å². The maximum atomic E-state index is 12.6. The van der Waals surface area contributed by atoms with Crippen molar-refractivity contribution in [3.05, 3.63) is 64.2 Å². The Morgan fingerprint density at radius 2 is 1.70 bits per heavy atom. The number of carbonyl (C=O) groups excluding carboxylic acids is 2. The van der Waals surface area contributed by atoms with E-state index in [9.17, 15) is 9.59 Å². The highest BCUT2D eigenvalue weighted by Gasteiger charge is 2.26. The van der Waals surface area contributed by atoms with Gasteiger partial charge in [-0.3, -0.25) is 9.59 Å². The number of rotatable bonds is 2. The quantitative estimate of drug-likeness (QED) is 0.837. The van der Waals surface area contributed by atoms with Crippen LogP contribution in [0.15, 0.2) is 36.4 Å². The van der Waals surface area contributed by atoms with E-state index in [1.807, 2.05) is 25.1 Å². The molecule has 0 aromatic heterocycles. The average Bonchev–Trinajstić information content (AvgIpc) is 2.63. The lowest BCUT2D eigenvalue weighted by Gasteiger charge is -2.23. The Bertz CT molecular complexity index is 792. The summed E-state index contributed by atoms with van der Waals surface area (Å²) >= 11 is 0. The second-order valence-corrected chi connectivity index (χ2v) is 6.34. The fourth-order valence-corrected chi connectivity index (χ4v) is 2.98. The summed E-state index contributed by atoms with van der Waals surface area (Å²) in [5.41, 5.74) is 5.99. The van der Waals surface area contributed by atoms with E-state index in [0.717, 1.165) is 16.8 Å². The van der Waals surface area contributed by atoms with Crippen molar-refractivity contribution in [3.8, 4) is 0 Å². The molecular formula is C20H21NO2. The van der Waals surface area contributed by atoms with Gasteiger partial charge < -0.3 is 4.90 Å². The third-order valence-electron chi connectivity index (χ3n) is 4.52. The van der Waals surface area contributed by atoms with Gasteiger partial charge in [0, 0.05) is 18.4 Å². The van der Waals surface area contributed by atoms with E-state index in [-0.39, 0.29) is 24.5 Å². The van der Waals surface area contributed by atoms with Gasteiger partial charge in [0.15, 0.2) is 5.78 Å². The first-order valence-electron chi connectivity index (χ1n) is 7.96. The molecular weight excluding hydrogens is 286 g/mol. The largest absolute Gasteiger partial charge is 0.307 e. The summed E-state index contributed by atoms with van der Waals surface area (Å²) < 4.78 is 0. The average molecular weight is 307 g/mol. The van der Waals surface area contributed by atoms with Crippen molar-refractivity contribution < 1.29 is 9.59 Å². The highest BCUT2D eigenvalue weighted by atomic mass is 16.2. The molecule has 0 fully saturated rings. The number of hydrogen-bond acceptors (Lipinski definition) is 2. The minimum atomic E-state index is 0.0147. The van der Waals surface area contributed by atoms with Crippen LogP contribution in [0.3, 0.4) is 0 Å². The number of hydrogen-bond donors (Lipinski definition) is 0. The summed E-state index contributed by atoms with van der Waals surface area (Å²) in [5, 5.41) is 0. The van der Waals surface area contributed by atoms with Gasteiger partial charge in [0.2, 0.25) is 5.91 Å². The summed E-state index contributed by atoms with van der Waals surface area (Å²) in [6.45, 7) is 6.64. The molecule has 0 aliphatic carbocycles. The molecule has 3 heteroatoms. The van der Waals surface area contributed by atoms with E-state index in [0.29, 0.717) is 12.1 Å². The number of ketones is 1. The molecule has 0 spiro atoms. The summed E-state index contributed by atoms with van der Waals surface area (Å²) in [7, 11) is 0. The Labute approximate surface area is 136 Å². The minimum absolute atomic E-state index is 0.0147. The van der Waals surface area contributed by atoms with E-state index in [1.54, 1.807) is 4.90 Å². The van der Waals surface area contributed by atoms with E-state index < -0.39 is 0 Å². The van der Waals surface area contributed by atoms with Crippen LogP contribution < -0.4 is 4.90 Å². The Morgan fingerprint density at radius 1 is 0.913 bits per heavy atom. The number of benzene rings is 2. The van der Waals surface area contributed by atoms with Crippen LogP contribution in [0.1, 0.15) is 45.5 Å². The number of Topliss-reactive ketones (excluding diaryl/α,β-unsaturated/α-hetero) is 1. The first-order chi connectivity index (χ1) is 11.0. The van der Waals surface area contributed by atoms with Crippen LogP contribution in [0.2, 0.25) is 0 Å². The zero-order valence-corrected chi connectivity index (χ0v) is 13.8. The molecule has 1 heterocycles. The number of amides is 1. The number of nitrogens with zero attached hydrogens (tertiary/aromatic N) is 1. The van der Waals surface area contributed by atoms with Gasteiger partial charge >= 0.3 is 0 Å². The standard InChI is InChI=1S/C20H21NO2/c1-13-4-7-17-18(10-13)21(20(23)9-8-19(17)22)12-16-6-5-14(2)15(3)11-16/h4-7,10-11H,8-9,12H2,1-3H3. The summed E-state index contributed by atoms with van der Waals surface area (Å²) in [6.07, 6.45) is 0.565. The van der Waals surface area contributed by atoms with E-state index in [1.165, 1.54) is 11.1 Å². The zero-order chi connectivity index (χ0) is 16.6. The molecule has 0 N–H and O–H groups in total. The van der Waals surface area contributed by atoms with Gasteiger partial charge in [-0.05, 0) is 55.2 Å². The molecule has 0 radical (unpaired) electrons. The molecule has 118 valence electrons. The van der Waals surface area contributed by atoms with Crippen LogP contribution >= 0.6 is 0 Å². The van der Waals surface area contributed by atoms with Crippen molar-refractivity contribution in [1.82, 2.24) is 0 Å². The van der Waals surface area contributed by atoms with Crippen LogP contribution in [0.4, 0.5) is 5.69 Å². The maximum absolute atomic E-state index is 12.6. The maximum Gasteiger partial charge on any atom is 0.227 e. The van der Waals surface area contributed by atoms with Gasteiger partial charge in [-0.15, -0.1) is 0 Å². The SMILES string of the molecule is Cc1ccc2c(c1)N(Cc1ccc(C)c(C)c1)C(=O)CCC2=O. The third-order valence-corrected chi connectivity index (χ3v) is 4.52. The first-order valence-corrected chi connectivity index (χ1v) is 7.96. The van der Waals surface area contributed by atoms with Crippen molar-refractivity contribution in [2.24, 2.45) is 0 Å². The number of carbonyl (C=O) groups is 2. The molecule has 0 saturated heterocycles. The van der Waals surface area contributed by atoms with E-state index in [4.69, 9.17) is 0 Å². The molecule has 0 atom stereocenters. The smallest absolute Gasteiger partial charge is 0.227 e. The summed E-state index contributed by atoms with van der Waals surface area (Å²) in [4.78, 5) is 26.6. The topological polar surface area (TPSA) is 37.4 Å². The Kier molecular flexibility index (Phi) is 4.03. The monoisotopic (exact) mass is 307 g/mol. The zero-order valence-electron chi connectivity index (χ0n) is 13.8. The number of aryl methyl sites for hydroxylation is 3. The minimum Gasteiger partial charge on any atom is -0.307 e. The van der Waals surface area contributed by atoms with Crippen molar-refractivity contribution in [1.29, 1.82) is 0 Å². The predicted molar refractivity (Wildman–Crippen MR) is 91.8 cm³/mol. The van der Waals surface area contributed by atoms with Crippen LogP contribution in [-0.4, -0.2) is 11.7 Å². The van der Waals surface area contributed by atoms with Crippen molar-refractivity contribution in [3.63, 3.8) is 0 Å². The van der Waals surface area contributed by atoms with Gasteiger partial charge in [0.05, 0.1) is 12.2 Å². The summed E-state index contributed by atoms with van der Waals surface area (Å²) in [6, 6.07) is 12.0. The summed E-state index contributed by atoms with van der Waals surface area (Å²) in [5.74, 6) is 0.0665. The van der Waals surface area contributed by atoms with Crippen molar-refractivity contribution in [2.45, 2.75) is 40.2 Å². The lowest BCUT2D eigenvalue weighted by atomic mass is 10.0. The highest BCUT2D eigenvalue weighted by Crippen LogP contribution is 2.29. The number of anilines is 1. The van der Waals surface area contributed by atoms with Crippen molar-refractivity contribution in [2.75, 3.05) is 4.90 Å². The molecule has 0 saturated carbocycles. The molecule has 1 aliphatic heterocycles. The lowest BCUT2D eigenvalue weighted by Crippen LogP contribution is -2.29. The second-order valence-electron chi connectivity index (χ2n) is 6.34. The molecule has 0 unspecified atom stereocenters. The van der Waals surface area contributed by atoms with Gasteiger partial charge in [-0.2, -0.15) is 0 Å². The highest BCUT2D eigenvalue weighted by molar-refractivity contribution is 6.10.